The Morgan fingerprint density at radius 3 is 2.04 bits per heavy atom. The number of thioether (sulfide) groups is 1. The average molecular weight is 405 g/mol. The smallest absolute Gasteiger partial charge is 0.326 e. The van der Waals surface area contributed by atoms with E-state index in [9.17, 15) is 28.8 Å². The number of hydrogen-bond acceptors (Lipinski definition) is 7. The van der Waals surface area contributed by atoms with Gasteiger partial charge in [-0.3, -0.25) is 24.0 Å². The third-order valence-corrected chi connectivity index (χ3v) is 4.04. The fourth-order valence-corrected chi connectivity index (χ4v) is 2.40. The van der Waals surface area contributed by atoms with Gasteiger partial charge in [0, 0.05) is 25.5 Å². The van der Waals surface area contributed by atoms with Crippen molar-refractivity contribution in [3.05, 3.63) is 0 Å². The van der Waals surface area contributed by atoms with Crippen molar-refractivity contribution in [3.63, 3.8) is 0 Å². The van der Waals surface area contributed by atoms with E-state index >= 15 is 0 Å². The van der Waals surface area contributed by atoms with E-state index in [0.29, 0.717) is 0 Å². The van der Waals surface area contributed by atoms with Crippen molar-refractivity contribution >= 4 is 46.5 Å². The molecule has 12 heteroatoms. The summed E-state index contributed by atoms with van der Waals surface area (Å²) >= 11 is 0.772. The Kier molecular flexibility index (Phi) is 11.4. The predicted molar refractivity (Wildman–Crippen MR) is 94.8 cm³/mol. The Bertz CT molecular complexity index is 596. The number of carbonyl (C=O) groups is 6. The van der Waals surface area contributed by atoms with E-state index in [0.717, 1.165) is 11.8 Å². The highest BCUT2D eigenvalue weighted by atomic mass is 32.2. The van der Waals surface area contributed by atoms with Gasteiger partial charge in [-0.2, -0.15) is 0 Å². The van der Waals surface area contributed by atoms with Crippen molar-refractivity contribution in [2.75, 3.05) is 12.3 Å². The highest BCUT2D eigenvalue weighted by Gasteiger charge is 2.24. The van der Waals surface area contributed by atoms with Gasteiger partial charge in [0.2, 0.25) is 17.7 Å². The minimum atomic E-state index is -1.30. The molecule has 0 rings (SSSR count). The zero-order valence-corrected chi connectivity index (χ0v) is 15.8. The number of carbonyl (C=O) groups excluding carboxylic acids is 4. The maximum absolute atomic E-state index is 12.0. The molecule has 0 spiro atoms. The van der Waals surface area contributed by atoms with Gasteiger partial charge < -0.3 is 26.2 Å². The molecule has 0 aliphatic heterocycles. The van der Waals surface area contributed by atoms with Gasteiger partial charge in [0.1, 0.15) is 18.6 Å². The molecule has 0 saturated heterocycles. The highest BCUT2D eigenvalue weighted by Crippen LogP contribution is 2.06. The molecule has 0 aromatic carbocycles. The summed E-state index contributed by atoms with van der Waals surface area (Å²) in [5, 5.41) is 24.0. The molecule has 5 N–H and O–H groups in total. The predicted octanol–water partition coefficient (Wildman–Crippen LogP) is -1.29. The lowest BCUT2D eigenvalue weighted by atomic mass is 10.1. The van der Waals surface area contributed by atoms with Crippen LogP contribution in [0.4, 0.5) is 0 Å². The molecule has 0 saturated carbocycles. The van der Waals surface area contributed by atoms with Gasteiger partial charge in [-0.05, 0) is 6.42 Å². The van der Waals surface area contributed by atoms with Gasteiger partial charge in [0.15, 0.2) is 5.12 Å². The van der Waals surface area contributed by atoms with Gasteiger partial charge in [-0.25, -0.2) is 4.79 Å². The second kappa shape index (κ2) is 12.7. The van der Waals surface area contributed by atoms with Crippen LogP contribution in [0.1, 0.15) is 33.1 Å². The Labute approximate surface area is 159 Å². The normalized spacial score (nSPS) is 12.4. The van der Waals surface area contributed by atoms with E-state index in [-0.39, 0.29) is 30.1 Å². The molecule has 0 aromatic rings. The van der Waals surface area contributed by atoms with Gasteiger partial charge in [-0.1, -0.05) is 18.7 Å². The van der Waals surface area contributed by atoms with Crippen LogP contribution in [0.25, 0.3) is 0 Å². The van der Waals surface area contributed by atoms with Gasteiger partial charge in [0.25, 0.3) is 0 Å². The lowest BCUT2D eigenvalue weighted by Crippen LogP contribution is -2.50. The van der Waals surface area contributed by atoms with Crippen LogP contribution in [0, 0.1) is 0 Å². The van der Waals surface area contributed by atoms with Crippen molar-refractivity contribution in [1.82, 2.24) is 16.0 Å². The quantitative estimate of drug-likeness (QED) is 0.264. The molecule has 0 fully saturated rings. The zero-order chi connectivity index (χ0) is 21.0. The molecular formula is C15H23N3O8S. The minimum absolute atomic E-state index is 0.0874. The number of aliphatic carboxylic acids is 2. The summed E-state index contributed by atoms with van der Waals surface area (Å²) in [6, 6.07) is -2.42. The van der Waals surface area contributed by atoms with Crippen LogP contribution in [-0.2, 0) is 28.8 Å². The maximum Gasteiger partial charge on any atom is 0.326 e. The monoisotopic (exact) mass is 405 g/mol. The maximum atomic E-state index is 12.0. The SMILES string of the molecule is CCC(=O)N[C@@H](CCC(=O)N[C@@H](CSC(C)=O)C(=O)NCC(=O)O)C(=O)O. The fourth-order valence-electron chi connectivity index (χ4n) is 1.77. The van der Waals surface area contributed by atoms with Crippen LogP contribution in [0.5, 0.6) is 0 Å². The summed E-state index contributed by atoms with van der Waals surface area (Å²) in [5.74, 6) is -4.62. The van der Waals surface area contributed by atoms with Gasteiger partial charge in [0.05, 0.1) is 0 Å². The number of carboxylic acids is 2. The molecular weight excluding hydrogens is 382 g/mol. The Balaban J connectivity index is 4.77. The Hall–Kier alpha value is -2.63. The van der Waals surface area contributed by atoms with Crippen molar-refractivity contribution in [3.8, 4) is 0 Å². The first kappa shape index (κ1) is 24.4. The first-order valence-electron chi connectivity index (χ1n) is 8.01. The topological polar surface area (TPSA) is 179 Å². The zero-order valence-electron chi connectivity index (χ0n) is 14.9. The molecule has 2 atom stereocenters. The summed E-state index contributed by atoms with van der Waals surface area (Å²) < 4.78 is 0. The largest absolute Gasteiger partial charge is 0.480 e. The first-order chi connectivity index (χ1) is 12.6. The number of hydrogen-bond donors (Lipinski definition) is 5. The summed E-state index contributed by atoms with van der Waals surface area (Å²) in [6.07, 6.45) is -0.408. The molecule has 3 amide bonds. The fraction of sp³-hybridized carbons (Fsp3) is 0.600. The van der Waals surface area contributed by atoms with Crippen LogP contribution in [0.2, 0.25) is 0 Å². The molecule has 0 aliphatic carbocycles. The van der Waals surface area contributed by atoms with Crippen LogP contribution in [0.3, 0.4) is 0 Å². The first-order valence-corrected chi connectivity index (χ1v) is 8.99. The van der Waals surface area contributed by atoms with E-state index in [1.165, 1.54) is 6.92 Å². The number of rotatable bonds is 12. The van der Waals surface area contributed by atoms with E-state index < -0.39 is 48.3 Å². The second-order valence-corrected chi connectivity index (χ2v) is 6.58. The summed E-state index contributed by atoms with van der Waals surface area (Å²) in [5.41, 5.74) is 0. The van der Waals surface area contributed by atoms with Crippen LogP contribution in [-0.4, -0.2) is 69.4 Å². The Morgan fingerprint density at radius 1 is 0.963 bits per heavy atom. The van der Waals surface area contributed by atoms with E-state index in [1.54, 1.807) is 6.92 Å². The molecule has 0 radical (unpaired) electrons. The van der Waals surface area contributed by atoms with Crippen molar-refractivity contribution < 1.29 is 39.0 Å². The summed E-state index contributed by atoms with van der Waals surface area (Å²) in [4.78, 5) is 68.0. The number of carboxylic acid groups (broad SMARTS) is 2. The van der Waals surface area contributed by atoms with Crippen molar-refractivity contribution in [2.24, 2.45) is 0 Å². The van der Waals surface area contributed by atoms with E-state index in [1.807, 2.05) is 0 Å². The Morgan fingerprint density at radius 2 is 1.56 bits per heavy atom. The lowest BCUT2D eigenvalue weighted by Gasteiger charge is -2.18. The van der Waals surface area contributed by atoms with Gasteiger partial charge >= 0.3 is 11.9 Å². The molecule has 27 heavy (non-hydrogen) atoms. The lowest BCUT2D eigenvalue weighted by molar-refractivity contribution is -0.142. The molecule has 152 valence electrons. The second-order valence-electron chi connectivity index (χ2n) is 5.38. The molecule has 0 aliphatic rings. The molecule has 0 aromatic heterocycles. The standard InChI is InChI=1S/C15H23N3O8S/c1-3-11(20)17-9(15(25)26)4-5-12(21)18-10(7-27-8(2)19)14(24)16-6-13(22)23/h9-10H,3-7H2,1-2H3,(H,16,24)(H,17,20)(H,18,21)(H,22,23)(H,25,26)/t9-,10-/m0/s1. The van der Waals surface area contributed by atoms with Gasteiger partial charge in [-0.15, -0.1) is 0 Å². The molecule has 0 bridgehead atoms. The molecule has 0 heterocycles. The van der Waals surface area contributed by atoms with Crippen LogP contribution < -0.4 is 16.0 Å². The minimum Gasteiger partial charge on any atom is -0.480 e. The third-order valence-electron chi connectivity index (χ3n) is 3.13. The van der Waals surface area contributed by atoms with Crippen LogP contribution >= 0.6 is 11.8 Å². The van der Waals surface area contributed by atoms with E-state index in [4.69, 9.17) is 10.2 Å². The number of nitrogens with one attached hydrogen (secondary N) is 3. The summed E-state index contributed by atoms with van der Waals surface area (Å²) in [7, 11) is 0. The molecule has 0 unspecified atom stereocenters. The summed E-state index contributed by atoms with van der Waals surface area (Å²) in [6.45, 7) is 2.17. The van der Waals surface area contributed by atoms with Crippen LogP contribution in [0.15, 0.2) is 0 Å². The van der Waals surface area contributed by atoms with E-state index in [2.05, 4.69) is 16.0 Å². The van der Waals surface area contributed by atoms with Crippen molar-refractivity contribution in [2.45, 2.75) is 45.2 Å². The third kappa shape index (κ3) is 11.6. The van der Waals surface area contributed by atoms with Crippen molar-refractivity contribution in [1.29, 1.82) is 0 Å². The average Bonchev–Trinajstić information content (AvgIpc) is 2.59. The molecule has 11 nitrogen and oxygen atoms in total. The number of amides is 3. The highest BCUT2D eigenvalue weighted by molar-refractivity contribution is 8.13.